The quantitative estimate of drug-likeness (QED) is 0.777. The van der Waals surface area contributed by atoms with Gasteiger partial charge in [-0.15, -0.1) is 0 Å². The van der Waals surface area contributed by atoms with Crippen LogP contribution in [0.5, 0.6) is 0 Å². The molecule has 0 atom stereocenters. The minimum Gasteiger partial charge on any atom is -0.306 e. The van der Waals surface area contributed by atoms with Gasteiger partial charge >= 0.3 is 0 Å². The fourth-order valence-corrected chi connectivity index (χ4v) is 3.05. The Kier molecular flexibility index (Phi) is 3.22. The Labute approximate surface area is 117 Å². The number of hydrogen-bond donors (Lipinski definition) is 0. The van der Waals surface area contributed by atoms with Crippen LogP contribution >= 0.6 is 0 Å². The highest BCUT2D eigenvalue weighted by atomic mass is 16.2. The summed E-state index contributed by atoms with van der Waals surface area (Å²) < 4.78 is 3.12. The van der Waals surface area contributed by atoms with Crippen molar-refractivity contribution in [3.63, 3.8) is 0 Å². The van der Waals surface area contributed by atoms with Crippen LogP contribution in [0, 0.1) is 6.92 Å². The van der Waals surface area contributed by atoms with Gasteiger partial charge in [-0.1, -0.05) is 11.6 Å². The Bertz CT molecular complexity index is 706. The van der Waals surface area contributed by atoms with Crippen molar-refractivity contribution < 1.29 is 4.79 Å². The number of benzene rings is 1. The first-order valence-corrected chi connectivity index (χ1v) is 6.99. The molecule has 1 aliphatic rings. The fourth-order valence-electron chi connectivity index (χ4n) is 3.05. The molecule has 1 aromatic heterocycles. The molecule has 0 radical (unpaired) electrons. The van der Waals surface area contributed by atoms with Crippen molar-refractivity contribution >= 4 is 17.3 Å². The predicted molar refractivity (Wildman–Crippen MR) is 78.9 cm³/mol. The molecule has 5 nitrogen and oxygen atoms in total. The molecular formula is C15H19N3O2. The van der Waals surface area contributed by atoms with Gasteiger partial charge in [0.2, 0.25) is 6.41 Å². The lowest BCUT2D eigenvalue weighted by Crippen LogP contribution is -2.37. The topological polar surface area (TPSA) is 47.2 Å². The minimum atomic E-state index is -0.0506. The third-order valence-corrected chi connectivity index (χ3v) is 4.20. The second-order valence-corrected chi connectivity index (χ2v) is 5.65. The minimum absolute atomic E-state index is 0.0506. The van der Waals surface area contributed by atoms with Gasteiger partial charge in [0, 0.05) is 0 Å². The van der Waals surface area contributed by atoms with E-state index in [1.165, 1.54) is 4.68 Å². The smallest absolute Gasteiger partial charge is 0.275 e. The normalized spacial score (nSPS) is 17.7. The van der Waals surface area contributed by atoms with Gasteiger partial charge in [-0.2, -0.15) is 0 Å². The number of carbonyl (C=O) groups is 1. The molecule has 1 saturated heterocycles. The number of hydrogen-bond acceptors (Lipinski definition) is 3. The number of nitrogens with zero attached hydrogens (tertiary/aromatic N) is 3. The molecule has 1 fully saturated rings. The average Bonchev–Trinajstić information content (AvgIpc) is 2.72. The van der Waals surface area contributed by atoms with E-state index in [-0.39, 0.29) is 11.6 Å². The lowest BCUT2D eigenvalue weighted by atomic mass is 10.1. The molecule has 3 rings (SSSR count). The van der Waals surface area contributed by atoms with Crippen LogP contribution in [0.4, 0.5) is 0 Å². The lowest BCUT2D eigenvalue weighted by Gasteiger charge is -2.29. The number of aryl methyl sites for hydroxylation is 1. The van der Waals surface area contributed by atoms with E-state index in [1.54, 1.807) is 4.68 Å². The molecule has 0 N–H and O–H groups in total. The standard InChI is InChI=1S/C15H19N3O2/c1-11-3-4-14-13(9-11)15(20)18(17(14)10-19)12-5-7-16(2)8-6-12/h3-4,9-10,12H,5-8H2,1-2H3. The third kappa shape index (κ3) is 1.98. The van der Waals surface area contributed by atoms with Crippen LogP contribution in [0.25, 0.3) is 10.9 Å². The molecule has 0 bridgehead atoms. The van der Waals surface area contributed by atoms with Crippen molar-refractivity contribution in [2.24, 2.45) is 0 Å². The largest absolute Gasteiger partial charge is 0.306 e. The summed E-state index contributed by atoms with van der Waals surface area (Å²) in [5.41, 5.74) is 1.69. The molecule has 106 valence electrons. The Balaban J connectivity index is 2.17. The van der Waals surface area contributed by atoms with Crippen LogP contribution in [0.1, 0.15) is 24.4 Å². The van der Waals surface area contributed by atoms with Gasteiger partial charge in [-0.3, -0.25) is 9.59 Å². The summed E-state index contributed by atoms with van der Waals surface area (Å²) in [4.78, 5) is 26.3. The Morgan fingerprint density at radius 1 is 1.25 bits per heavy atom. The predicted octanol–water partition coefficient (Wildman–Crippen LogP) is 1.42. The zero-order chi connectivity index (χ0) is 14.3. The van der Waals surface area contributed by atoms with Gasteiger partial charge in [0.25, 0.3) is 5.56 Å². The first-order valence-electron chi connectivity index (χ1n) is 6.99. The van der Waals surface area contributed by atoms with E-state index in [2.05, 4.69) is 11.9 Å². The van der Waals surface area contributed by atoms with Crippen molar-refractivity contribution in [3.8, 4) is 0 Å². The van der Waals surface area contributed by atoms with Crippen molar-refractivity contribution in [3.05, 3.63) is 34.1 Å². The third-order valence-electron chi connectivity index (χ3n) is 4.20. The van der Waals surface area contributed by atoms with Crippen LogP contribution in [0.2, 0.25) is 0 Å². The second kappa shape index (κ2) is 4.90. The molecular weight excluding hydrogens is 254 g/mol. The summed E-state index contributed by atoms with van der Waals surface area (Å²) in [5.74, 6) is 0. The van der Waals surface area contributed by atoms with E-state index in [0.29, 0.717) is 10.9 Å². The zero-order valence-corrected chi connectivity index (χ0v) is 11.9. The molecule has 0 saturated carbocycles. The number of carbonyl (C=O) groups excluding carboxylic acids is 1. The summed E-state index contributed by atoms with van der Waals surface area (Å²) in [6.07, 6.45) is 2.55. The molecule has 2 aromatic rings. The van der Waals surface area contributed by atoms with Gasteiger partial charge < -0.3 is 4.90 Å². The van der Waals surface area contributed by atoms with Crippen molar-refractivity contribution in [2.45, 2.75) is 25.8 Å². The Hall–Kier alpha value is -1.88. The van der Waals surface area contributed by atoms with Crippen molar-refractivity contribution in [1.29, 1.82) is 0 Å². The lowest BCUT2D eigenvalue weighted by molar-refractivity contribution is 0.206. The van der Waals surface area contributed by atoms with Gasteiger partial charge in [0.1, 0.15) is 0 Å². The molecule has 5 heteroatoms. The molecule has 0 spiro atoms. The Morgan fingerprint density at radius 3 is 2.60 bits per heavy atom. The summed E-state index contributed by atoms with van der Waals surface area (Å²) in [6.45, 7) is 3.87. The van der Waals surface area contributed by atoms with Gasteiger partial charge in [-0.05, 0) is 52.0 Å². The number of aromatic nitrogens is 2. The summed E-state index contributed by atoms with van der Waals surface area (Å²) in [5, 5.41) is 0.635. The average molecular weight is 273 g/mol. The summed E-state index contributed by atoms with van der Waals surface area (Å²) >= 11 is 0. The number of fused-ring (bicyclic) bond motifs is 1. The summed E-state index contributed by atoms with van der Waals surface area (Å²) in [6, 6.07) is 5.76. The SMILES string of the molecule is Cc1ccc2c(c1)c(=O)n(C1CCN(C)CC1)n2C=O. The van der Waals surface area contributed by atoms with E-state index < -0.39 is 0 Å². The van der Waals surface area contributed by atoms with Crippen molar-refractivity contribution in [1.82, 2.24) is 14.3 Å². The number of likely N-dealkylation sites (tertiary alicyclic amines) is 1. The van der Waals surface area contributed by atoms with E-state index in [0.717, 1.165) is 37.9 Å². The van der Waals surface area contributed by atoms with Crippen LogP contribution in [-0.4, -0.2) is 40.8 Å². The van der Waals surface area contributed by atoms with Gasteiger partial charge in [-0.25, -0.2) is 9.36 Å². The molecule has 0 unspecified atom stereocenters. The Morgan fingerprint density at radius 2 is 1.95 bits per heavy atom. The van der Waals surface area contributed by atoms with Gasteiger partial charge in [0.05, 0.1) is 16.9 Å². The second-order valence-electron chi connectivity index (χ2n) is 5.65. The molecule has 1 aromatic carbocycles. The van der Waals surface area contributed by atoms with Gasteiger partial charge in [0.15, 0.2) is 0 Å². The van der Waals surface area contributed by atoms with E-state index in [4.69, 9.17) is 0 Å². The first kappa shape index (κ1) is 13.1. The molecule has 20 heavy (non-hydrogen) atoms. The number of rotatable bonds is 2. The first-order chi connectivity index (χ1) is 9.61. The van der Waals surface area contributed by atoms with Crippen LogP contribution in [0.15, 0.2) is 23.0 Å². The molecule has 2 heterocycles. The maximum Gasteiger partial charge on any atom is 0.275 e. The molecule has 0 amide bonds. The van der Waals surface area contributed by atoms with Crippen LogP contribution in [-0.2, 0) is 4.79 Å². The van der Waals surface area contributed by atoms with E-state index in [1.807, 2.05) is 25.1 Å². The van der Waals surface area contributed by atoms with Crippen LogP contribution in [0.3, 0.4) is 0 Å². The fraction of sp³-hybridized carbons (Fsp3) is 0.467. The van der Waals surface area contributed by atoms with E-state index >= 15 is 0 Å². The zero-order valence-electron chi connectivity index (χ0n) is 11.9. The van der Waals surface area contributed by atoms with Crippen LogP contribution < -0.4 is 5.56 Å². The summed E-state index contributed by atoms with van der Waals surface area (Å²) in [7, 11) is 2.08. The maximum absolute atomic E-state index is 12.6. The highest BCUT2D eigenvalue weighted by Crippen LogP contribution is 2.23. The number of piperidine rings is 1. The van der Waals surface area contributed by atoms with Crippen molar-refractivity contribution in [2.75, 3.05) is 20.1 Å². The molecule has 1 aliphatic heterocycles. The monoisotopic (exact) mass is 273 g/mol. The highest BCUT2D eigenvalue weighted by molar-refractivity contribution is 5.84. The maximum atomic E-state index is 12.6. The molecule has 0 aliphatic carbocycles. The van der Waals surface area contributed by atoms with E-state index in [9.17, 15) is 9.59 Å². The highest BCUT2D eigenvalue weighted by Gasteiger charge is 2.24.